The van der Waals surface area contributed by atoms with E-state index in [0.717, 1.165) is 0 Å². The summed E-state index contributed by atoms with van der Waals surface area (Å²) in [5.41, 5.74) is 6.91. The molecule has 0 aromatic carbocycles. The van der Waals surface area contributed by atoms with Gasteiger partial charge in [0.1, 0.15) is 0 Å². The van der Waals surface area contributed by atoms with Gasteiger partial charge < -0.3 is 24.8 Å². The van der Waals surface area contributed by atoms with Crippen LogP contribution >= 0.6 is 0 Å². The van der Waals surface area contributed by atoms with Crippen molar-refractivity contribution in [1.29, 1.82) is 0 Å². The van der Waals surface area contributed by atoms with Gasteiger partial charge in [-0.25, -0.2) is 0 Å². The quantitative estimate of drug-likeness (QED) is 0.413. The summed E-state index contributed by atoms with van der Waals surface area (Å²) < 4.78 is 3.86. The zero-order valence-corrected chi connectivity index (χ0v) is 24.4. The third kappa shape index (κ3) is 4.39. The van der Waals surface area contributed by atoms with Gasteiger partial charge in [0.15, 0.2) is 0 Å². The van der Waals surface area contributed by atoms with Crippen LogP contribution in [0, 0.1) is 5.41 Å². The Bertz CT molecular complexity index is 706. The van der Waals surface area contributed by atoms with Gasteiger partial charge in [0, 0.05) is 0 Å². The van der Waals surface area contributed by atoms with E-state index < -0.39 is 31.0 Å². The van der Waals surface area contributed by atoms with Gasteiger partial charge in [-0.2, -0.15) is 0 Å². The summed E-state index contributed by atoms with van der Waals surface area (Å²) in [6.45, 7) is 16.9. The van der Waals surface area contributed by atoms with Crippen LogP contribution in [0.2, 0.25) is 18.1 Å². The van der Waals surface area contributed by atoms with Gasteiger partial charge in [0.2, 0.25) is 0 Å². The van der Waals surface area contributed by atoms with Gasteiger partial charge in [0.05, 0.1) is 0 Å². The molecule has 1 aliphatic heterocycles. The third-order valence-electron chi connectivity index (χ3n) is 7.58. The Balaban J connectivity index is 0.00000182. The minimum atomic E-state index is -1.07. The van der Waals surface area contributed by atoms with E-state index >= 15 is 0 Å². The largest absolute Gasteiger partial charge is 1.00 e. The van der Waals surface area contributed by atoms with Gasteiger partial charge in [-0.1, -0.05) is 0 Å². The van der Waals surface area contributed by atoms with Crippen LogP contribution in [-0.2, 0) is 22.9 Å². The molecular formula is C23H36Cl2HfSi. The summed E-state index contributed by atoms with van der Waals surface area (Å²) in [4.78, 5) is 0. The zero-order valence-electron chi connectivity index (χ0n) is 18.3. The van der Waals surface area contributed by atoms with Crippen molar-refractivity contribution >= 4 is 8.07 Å². The Hall–Kier alpha value is 0.627. The first-order chi connectivity index (χ1) is 11.7. The van der Waals surface area contributed by atoms with Crippen molar-refractivity contribution in [2.24, 2.45) is 5.41 Å². The van der Waals surface area contributed by atoms with E-state index in [-0.39, 0.29) is 24.8 Å². The molecule has 0 saturated carbocycles. The van der Waals surface area contributed by atoms with E-state index in [1.165, 1.54) is 25.7 Å². The molecule has 1 heterocycles. The molecule has 1 fully saturated rings. The van der Waals surface area contributed by atoms with Crippen LogP contribution in [0.15, 0.2) is 40.2 Å². The van der Waals surface area contributed by atoms with Crippen LogP contribution in [0.5, 0.6) is 0 Å². The molecule has 150 valence electrons. The van der Waals surface area contributed by atoms with Crippen LogP contribution in [0.4, 0.5) is 0 Å². The molecule has 3 rings (SSSR count). The van der Waals surface area contributed by atoms with Gasteiger partial charge in [-0.05, 0) is 0 Å². The Morgan fingerprint density at radius 1 is 1.04 bits per heavy atom. The maximum atomic E-state index is 2.60. The average Bonchev–Trinajstić information content (AvgIpc) is 2.96. The first kappa shape index (κ1) is 25.7. The van der Waals surface area contributed by atoms with Crippen LogP contribution in [0.25, 0.3) is 0 Å². The Morgan fingerprint density at radius 3 is 2.11 bits per heavy atom. The first-order valence-corrected chi connectivity index (χ1v) is 16.5. The third-order valence-corrected chi connectivity index (χ3v) is 22.0. The molecule has 27 heavy (non-hydrogen) atoms. The fourth-order valence-electron chi connectivity index (χ4n) is 5.14. The summed E-state index contributed by atoms with van der Waals surface area (Å²) >= 11 is -0.962. The van der Waals surface area contributed by atoms with Crippen LogP contribution < -0.4 is 24.8 Å². The topological polar surface area (TPSA) is 0 Å². The number of allylic oxidation sites excluding steroid dienone is 8. The maximum Gasteiger partial charge on any atom is -1.00 e. The summed E-state index contributed by atoms with van der Waals surface area (Å²) in [5, 5.41) is 2.05. The molecule has 0 unspecified atom stereocenters. The zero-order chi connectivity index (χ0) is 18.4. The van der Waals surface area contributed by atoms with E-state index in [2.05, 4.69) is 54.5 Å². The number of halogens is 2. The van der Waals surface area contributed by atoms with Crippen LogP contribution in [0.3, 0.4) is 0 Å². The standard InChI is InChI=1S/C13H21Si.C10H15.2ClH.Hf/c1-3-4-8-14(9-5-10-14)13-7-6-12(2)11-13;1-7-6-10(4,5)9(3)8(7)2;;;/h6H,3-5,7-10H2,1-2H3;1-5H3;2*1H;/q;;;;+2/p-2. The molecule has 0 radical (unpaired) electrons. The van der Waals surface area contributed by atoms with Crippen molar-refractivity contribution in [3.8, 4) is 0 Å². The summed E-state index contributed by atoms with van der Waals surface area (Å²) in [6, 6.07) is 4.80. The van der Waals surface area contributed by atoms with Crippen molar-refractivity contribution in [3.63, 3.8) is 0 Å². The van der Waals surface area contributed by atoms with Crippen LogP contribution in [0.1, 0.15) is 74.1 Å². The number of hydrogen-bond acceptors (Lipinski definition) is 0. The Morgan fingerprint density at radius 2 is 1.67 bits per heavy atom. The fourth-order valence-corrected chi connectivity index (χ4v) is 19.4. The summed E-state index contributed by atoms with van der Waals surface area (Å²) in [5.74, 6) is 0. The minimum absolute atomic E-state index is 0. The second-order valence-corrected chi connectivity index (χ2v) is 18.3. The van der Waals surface area contributed by atoms with Crippen molar-refractivity contribution in [3.05, 3.63) is 40.2 Å². The smallest absolute Gasteiger partial charge is 1.00 e. The molecule has 0 aromatic heterocycles. The Kier molecular flexibility index (Phi) is 9.15. The predicted molar refractivity (Wildman–Crippen MR) is 110 cm³/mol. The number of hydrogen-bond donors (Lipinski definition) is 0. The number of unbranched alkanes of at least 4 members (excludes halogenated alkanes) is 1. The van der Waals surface area contributed by atoms with E-state index in [1.807, 2.05) is 11.9 Å². The normalized spacial score (nSPS) is 22.9. The van der Waals surface area contributed by atoms with Gasteiger partial charge >= 0.3 is 169 Å². The van der Waals surface area contributed by atoms with Crippen molar-refractivity contribution < 1.29 is 47.7 Å². The molecule has 0 atom stereocenters. The molecule has 4 heteroatoms. The van der Waals surface area contributed by atoms with Crippen molar-refractivity contribution in [2.45, 2.75) is 92.3 Å². The minimum Gasteiger partial charge on any atom is -1.00 e. The van der Waals surface area contributed by atoms with Gasteiger partial charge in [-0.15, -0.1) is 0 Å². The molecule has 0 N–H and O–H groups in total. The first-order valence-electron chi connectivity index (χ1n) is 10.3. The maximum absolute atomic E-state index is 2.60. The monoisotopic (exact) mass is 590 g/mol. The Labute approximate surface area is 192 Å². The van der Waals surface area contributed by atoms with Crippen molar-refractivity contribution in [2.75, 3.05) is 0 Å². The molecule has 0 nitrogen and oxygen atoms in total. The predicted octanol–water partition coefficient (Wildman–Crippen LogP) is 1.52. The summed E-state index contributed by atoms with van der Waals surface area (Å²) in [6.07, 6.45) is 8.31. The average molecular weight is 590 g/mol. The van der Waals surface area contributed by atoms with E-state index in [4.69, 9.17) is 0 Å². The molecule has 0 aromatic rings. The molecular weight excluding hydrogens is 554 g/mol. The molecule has 3 aliphatic rings. The summed E-state index contributed by atoms with van der Waals surface area (Å²) in [7, 11) is -1.07. The molecule has 0 amide bonds. The van der Waals surface area contributed by atoms with Crippen LogP contribution in [-0.4, -0.2) is 8.07 Å². The van der Waals surface area contributed by atoms with E-state index in [0.29, 0.717) is 5.41 Å². The van der Waals surface area contributed by atoms with Crippen molar-refractivity contribution in [1.82, 2.24) is 0 Å². The van der Waals surface area contributed by atoms with E-state index in [1.54, 1.807) is 40.4 Å². The molecule has 0 spiro atoms. The molecule has 0 bridgehead atoms. The fraction of sp³-hybridized carbons (Fsp3) is 0.652. The second-order valence-electron chi connectivity index (χ2n) is 9.18. The molecule has 2 aliphatic carbocycles. The second kappa shape index (κ2) is 9.62. The number of rotatable bonds is 6. The van der Waals surface area contributed by atoms with Gasteiger partial charge in [0.25, 0.3) is 0 Å². The van der Waals surface area contributed by atoms with E-state index in [9.17, 15) is 0 Å². The SMILES string of the molecule is CCCC[Si]1(C2=[C]([Hf+2][C]3=C(C)C(C)=C(C)C3(C)C)C(C)=CC2)CCC1.[Cl-].[Cl-]. The van der Waals surface area contributed by atoms with Gasteiger partial charge in [-0.3, -0.25) is 0 Å². The molecule has 1 saturated heterocycles.